The van der Waals surface area contributed by atoms with Crippen molar-refractivity contribution >= 4 is 23.5 Å². The fourth-order valence-electron chi connectivity index (χ4n) is 1.33. The molecule has 0 aliphatic heterocycles. The molecule has 1 aromatic heterocycles. The van der Waals surface area contributed by atoms with Gasteiger partial charge in [0.1, 0.15) is 5.69 Å². The van der Waals surface area contributed by atoms with Crippen LogP contribution in [0.4, 0.5) is 0 Å². The van der Waals surface area contributed by atoms with E-state index in [1.807, 2.05) is 13.8 Å². The smallest absolute Gasteiger partial charge is 0.357 e. The van der Waals surface area contributed by atoms with Gasteiger partial charge in [-0.3, -0.25) is 0 Å². The molecule has 1 N–H and O–H groups in total. The maximum absolute atomic E-state index is 11.7. The van der Waals surface area contributed by atoms with Gasteiger partial charge >= 0.3 is 11.9 Å². The highest BCUT2D eigenvalue weighted by atomic mass is 35.5. The lowest BCUT2D eigenvalue weighted by molar-refractivity contribution is -0.148. The van der Waals surface area contributed by atoms with E-state index in [1.165, 1.54) is 18.3 Å². The molecule has 0 saturated heterocycles. The predicted octanol–water partition coefficient (Wildman–Crippen LogP) is 2.39. The zero-order valence-corrected chi connectivity index (χ0v) is 10.8. The van der Waals surface area contributed by atoms with E-state index in [4.69, 9.17) is 21.4 Å². The molecule has 0 aliphatic carbocycles. The first-order chi connectivity index (χ1) is 8.40. The van der Waals surface area contributed by atoms with E-state index < -0.39 is 18.0 Å². The molecular weight excluding hydrogens is 258 g/mol. The summed E-state index contributed by atoms with van der Waals surface area (Å²) in [5, 5.41) is 9.29. The topological polar surface area (TPSA) is 76.5 Å². The Hall–Kier alpha value is -1.62. The zero-order valence-electron chi connectivity index (χ0n) is 10.1. The second kappa shape index (κ2) is 6.35. The number of carbonyl (C=O) groups excluding carboxylic acids is 1. The Morgan fingerprint density at radius 2 is 2.17 bits per heavy atom. The average Bonchev–Trinajstić information content (AvgIpc) is 2.27. The van der Waals surface area contributed by atoms with Crippen molar-refractivity contribution < 1.29 is 19.4 Å². The number of esters is 1. The van der Waals surface area contributed by atoms with E-state index in [1.54, 1.807) is 0 Å². The minimum atomic E-state index is -1.17. The zero-order chi connectivity index (χ0) is 13.7. The normalized spacial score (nSPS) is 12.2. The summed E-state index contributed by atoms with van der Waals surface area (Å²) in [6.07, 6.45) is 0.442. The molecule has 0 unspecified atom stereocenters. The van der Waals surface area contributed by atoms with Crippen LogP contribution in [-0.2, 0) is 9.53 Å². The summed E-state index contributed by atoms with van der Waals surface area (Å²) in [6, 6.07) is 2.85. The summed E-state index contributed by atoms with van der Waals surface area (Å²) in [4.78, 5) is 26.4. The lowest BCUT2D eigenvalue weighted by atomic mass is 10.1. The Bertz CT molecular complexity index is 447. The van der Waals surface area contributed by atoms with Crippen LogP contribution in [0.25, 0.3) is 0 Å². The van der Waals surface area contributed by atoms with Crippen molar-refractivity contribution in [2.45, 2.75) is 26.4 Å². The number of nitrogens with zero attached hydrogens (tertiary/aromatic N) is 1. The SMILES string of the molecule is CC(C)C[C@@H](OC(=O)c1cc(Cl)ccn1)C(=O)O. The number of hydrogen-bond acceptors (Lipinski definition) is 4. The van der Waals surface area contributed by atoms with Gasteiger partial charge in [0.2, 0.25) is 0 Å². The molecule has 0 spiro atoms. The van der Waals surface area contributed by atoms with Gasteiger partial charge in [0, 0.05) is 11.2 Å². The Balaban J connectivity index is 2.75. The number of carboxylic acid groups (broad SMARTS) is 1. The lowest BCUT2D eigenvalue weighted by Gasteiger charge is -2.15. The van der Waals surface area contributed by atoms with Crippen molar-refractivity contribution in [2.24, 2.45) is 5.92 Å². The molecule has 1 aromatic rings. The van der Waals surface area contributed by atoms with Crippen molar-refractivity contribution in [3.05, 3.63) is 29.0 Å². The largest absolute Gasteiger partial charge is 0.479 e. The Morgan fingerprint density at radius 3 is 2.67 bits per heavy atom. The van der Waals surface area contributed by atoms with Gasteiger partial charge < -0.3 is 9.84 Å². The van der Waals surface area contributed by atoms with E-state index in [0.29, 0.717) is 5.02 Å². The summed E-state index contributed by atoms with van der Waals surface area (Å²) in [6.45, 7) is 3.70. The number of carboxylic acids is 1. The molecule has 1 heterocycles. The molecule has 1 atom stereocenters. The number of carbonyl (C=O) groups is 2. The van der Waals surface area contributed by atoms with Gasteiger partial charge in [-0.05, 0) is 24.5 Å². The summed E-state index contributed by atoms with van der Waals surface area (Å²) in [7, 11) is 0. The second-order valence-corrected chi connectivity index (χ2v) is 4.66. The van der Waals surface area contributed by atoms with E-state index in [2.05, 4.69) is 4.98 Å². The minimum Gasteiger partial charge on any atom is -0.479 e. The van der Waals surface area contributed by atoms with Crippen LogP contribution >= 0.6 is 11.6 Å². The third-order valence-corrected chi connectivity index (χ3v) is 2.38. The van der Waals surface area contributed by atoms with Crippen LogP contribution < -0.4 is 0 Å². The first-order valence-electron chi connectivity index (χ1n) is 5.45. The Labute approximate surface area is 110 Å². The number of aliphatic carboxylic acids is 1. The average molecular weight is 272 g/mol. The third-order valence-electron chi connectivity index (χ3n) is 2.14. The molecule has 0 saturated carbocycles. The van der Waals surface area contributed by atoms with E-state index >= 15 is 0 Å². The van der Waals surface area contributed by atoms with Crippen molar-refractivity contribution in [1.82, 2.24) is 4.98 Å². The molecule has 0 aromatic carbocycles. The molecule has 0 bridgehead atoms. The third kappa shape index (κ3) is 4.33. The highest BCUT2D eigenvalue weighted by molar-refractivity contribution is 6.30. The van der Waals surface area contributed by atoms with Crippen molar-refractivity contribution in [3.63, 3.8) is 0 Å². The highest BCUT2D eigenvalue weighted by Crippen LogP contribution is 2.13. The summed E-state index contributed by atoms with van der Waals surface area (Å²) >= 11 is 5.71. The Morgan fingerprint density at radius 1 is 1.50 bits per heavy atom. The van der Waals surface area contributed by atoms with Crippen LogP contribution in [0.2, 0.25) is 5.02 Å². The molecule has 1 rings (SSSR count). The van der Waals surface area contributed by atoms with Crippen LogP contribution in [0.15, 0.2) is 18.3 Å². The molecule has 6 heteroatoms. The molecule has 0 fully saturated rings. The van der Waals surface area contributed by atoms with E-state index in [9.17, 15) is 9.59 Å². The molecule has 98 valence electrons. The second-order valence-electron chi connectivity index (χ2n) is 4.22. The van der Waals surface area contributed by atoms with Crippen molar-refractivity contribution in [1.29, 1.82) is 0 Å². The number of ether oxygens (including phenoxy) is 1. The van der Waals surface area contributed by atoms with Crippen LogP contribution in [0, 0.1) is 5.92 Å². The molecule has 0 radical (unpaired) electrons. The minimum absolute atomic E-state index is 0.00231. The lowest BCUT2D eigenvalue weighted by Crippen LogP contribution is -2.28. The van der Waals surface area contributed by atoms with E-state index in [-0.39, 0.29) is 18.0 Å². The molecule has 5 nitrogen and oxygen atoms in total. The number of pyridine rings is 1. The monoisotopic (exact) mass is 271 g/mol. The van der Waals surface area contributed by atoms with Gasteiger partial charge in [-0.1, -0.05) is 25.4 Å². The maximum atomic E-state index is 11.7. The van der Waals surface area contributed by atoms with Gasteiger partial charge in [-0.2, -0.15) is 0 Å². The fraction of sp³-hybridized carbons (Fsp3) is 0.417. The molecule has 18 heavy (non-hydrogen) atoms. The standard InChI is InChI=1S/C12H14ClNO4/c1-7(2)5-10(11(15)16)18-12(17)9-6-8(13)3-4-14-9/h3-4,6-7,10H,5H2,1-2H3,(H,15,16)/t10-/m1/s1. The van der Waals surface area contributed by atoms with Crippen LogP contribution in [0.5, 0.6) is 0 Å². The first-order valence-corrected chi connectivity index (χ1v) is 5.83. The summed E-state index contributed by atoms with van der Waals surface area (Å²) in [5.74, 6) is -1.85. The van der Waals surface area contributed by atoms with Gasteiger partial charge in [0.25, 0.3) is 0 Å². The summed E-state index contributed by atoms with van der Waals surface area (Å²) < 4.78 is 4.90. The number of halogens is 1. The quantitative estimate of drug-likeness (QED) is 0.832. The molecular formula is C12H14ClNO4. The van der Waals surface area contributed by atoms with Crippen molar-refractivity contribution in [2.75, 3.05) is 0 Å². The fourth-order valence-corrected chi connectivity index (χ4v) is 1.49. The molecule has 0 aliphatic rings. The highest BCUT2D eigenvalue weighted by Gasteiger charge is 2.24. The number of rotatable bonds is 5. The molecule has 0 amide bonds. The maximum Gasteiger partial charge on any atom is 0.357 e. The summed E-state index contributed by atoms with van der Waals surface area (Å²) in [5.41, 5.74) is -0.00231. The van der Waals surface area contributed by atoms with Crippen LogP contribution in [0.1, 0.15) is 30.8 Å². The van der Waals surface area contributed by atoms with Crippen molar-refractivity contribution in [3.8, 4) is 0 Å². The Kier molecular flexibility index (Phi) is 5.09. The van der Waals surface area contributed by atoms with E-state index in [0.717, 1.165) is 0 Å². The van der Waals surface area contributed by atoms with Gasteiger partial charge in [-0.15, -0.1) is 0 Å². The van der Waals surface area contributed by atoms with Gasteiger partial charge in [0.15, 0.2) is 6.10 Å². The number of aromatic nitrogens is 1. The first kappa shape index (κ1) is 14.4. The van der Waals surface area contributed by atoms with Crippen LogP contribution in [0.3, 0.4) is 0 Å². The number of hydrogen-bond donors (Lipinski definition) is 1. The van der Waals surface area contributed by atoms with Gasteiger partial charge in [-0.25, -0.2) is 14.6 Å². The van der Waals surface area contributed by atoms with Crippen LogP contribution in [-0.4, -0.2) is 28.1 Å². The predicted molar refractivity (Wildman–Crippen MR) is 65.5 cm³/mol. The van der Waals surface area contributed by atoms with Gasteiger partial charge in [0.05, 0.1) is 0 Å².